The first-order chi connectivity index (χ1) is 11.2. The molecule has 0 bridgehead atoms. The molecule has 0 aliphatic carbocycles. The normalized spacial score (nSPS) is 9.65. The van der Waals surface area contributed by atoms with Crippen LogP contribution in [0.1, 0.15) is 32.1 Å². The molecule has 0 aromatic heterocycles. The fourth-order valence-electron chi connectivity index (χ4n) is 1.86. The third kappa shape index (κ3) is 16.2. The van der Waals surface area contributed by atoms with E-state index in [2.05, 4.69) is 21.3 Å². The Morgan fingerprint density at radius 3 is 1.39 bits per heavy atom. The van der Waals surface area contributed by atoms with E-state index in [1.807, 2.05) is 11.8 Å². The van der Waals surface area contributed by atoms with Crippen molar-refractivity contribution in [3.05, 3.63) is 0 Å². The average molecular weight is 320 g/mol. The highest BCUT2D eigenvalue weighted by molar-refractivity contribution is 5.93. The Balaban J connectivity index is 3.08. The molecule has 6 nitrogen and oxygen atoms in total. The number of carbonyl (C=O) groups excluding carboxylic acids is 2. The van der Waals surface area contributed by atoms with Gasteiger partial charge in [0.05, 0.1) is 0 Å². The van der Waals surface area contributed by atoms with Gasteiger partial charge in [-0.2, -0.15) is 0 Å². The lowest BCUT2D eigenvalue weighted by atomic mass is 10.2. The molecule has 0 aliphatic heterocycles. The fraction of sp³-hybridized carbons (Fsp3) is 0.647. The summed E-state index contributed by atoms with van der Waals surface area (Å²) in [6.07, 6.45) is 15.1. The van der Waals surface area contributed by atoms with E-state index in [1.165, 1.54) is 6.42 Å². The van der Waals surface area contributed by atoms with Crippen LogP contribution in [0.25, 0.3) is 0 Å². The molecule has 4 N–H and O–H groups in total. The number of hydrogen-bond acceptors (Lipinski definition) is 4. The zero-order valence-electron chi connectivity index (χ0n) is 13.7. The highest BCUT2D eigenvalue weighted by Gasteiger charge is 1.95. The molecule has 0 saturated carbocycles. The summed E-state index contributed by atoms with van der Waals surface area (Å²) in [5, 5.41) is 11.9. The van der Waals surface area contributed by atoms with Gasteiger partial charge in [0.25, 0.3) is 11.8 Å². The van der Waals surface area contributed by atoms with Crippen molar-refractivity contribution in [2.75, 3.05) is 39.3 Å². The topological polar surface area (TPSA) is 82.3 Å². The van der Waals surface area contributed by atoms with Gasteiger partial charge in [0, 0.05) is 13.1 Å². The smallest absolute Gasteiger partial charge is 0.295 e. The van der Waals surface area contributed by atoms with Crippen molar-refractivity contribution in [1.82, 2.24) is 21.3 Å². The standard InChI is InChI=1S/C17H28N4O2/c1-3-16(22)20-14-8-12-18-10-6-5-7-11-19-13-9-15-21-17(23)4-2/h1-2,18-19H,5-15H2,(H,20,22)(H,21,23). The van der Waals surface area contributed by atoms with Crippen molar-refractivity contribution in [1.29, 1.82) is 0 Å². The van der Waals surface area contributed by atoms with Crippen molar-refractivity contribution in [3.63, 3.8) is 0 Å². The fourth-order valence-corrected chi connectivity index (χ4v) is 1.86. The van der Waals surface area contributed by atoms with Crippen LogP contribution in [0.5, 0.6) is 0 Å². The van der Waals surface area contributed by atoms with Crippen molar-refractivity contribution in [2.45, 2.75) is 32.1 Å². The van der Waals surface area contributed by atoms with Crippen molar-refractivity contribution < 1.29 is 9.59 Å². The summed E-state index contributed by atoms with van der Waals surface area (Å²) in [6.45, 7) is 4.96. The number of nitrogens with one attached hydrogen (secondary N) is 4. The monoisotopic (exact) mass is 320 g/mol. The summed E-state index contributed by atoms with van der Waals surface area (Å²) < 4.78 is 0. The van der Waals surface area contributed by atoms with Crippen LogP contribution >= 0.6 is 0 Å². The first-order valence-corrected chi connectivity index (χ1v) is 8.11. The van der Waals surface area contributed by atoms with Gasteiger partial charge in [0.2, 0.25) is 0 Å². The summed E-state index contributed by atoms with van der Waals surface area (Å²) in [5.74, 6) is 3.33. The number of amides is 2. The van der Waals surface area contributed by atoms with E-state index in [9.17, 15) is 9.59 Å². The molecule has 0 rings (SSSR count). The molecule has 2 amide bonds. The van der Waals surface area contributed by atoms with Gasteiger partial charge in [-0.25, -0.2) is 0 Å². The largest absolute Gasteiger partial charge is 0.345 e. The van der Waals surface area contributed by atoms with Crippen LogP contribution in [0.2, 0.25) is 0 Å². The minimum atomic E-state index is -0.351. The molecule has 0 radical (unpaired) electrons. The second-order valence-electron chi connectivity index (χ2n) is 5.07. The number of rotatable bonds is 14. The Kier molecular flexibility index (Phi) is 14.9. The molecule has 0 aromatic rings. The lowest BCUT2D eigenvalue weighted by Gasteiger charge is -2.06. The molecular formula is C17H28N4O2. The van der Waals surface area contributed by atoms with E-state index in [0.717, 1.165) is 51.9 Å². The summed E-state index contributed by atoms with van der Waals surface area (Å²) in [5.41, 5.74) is 0. The molecule has 0 spiro atoms. The van der Waals surface area contributed by atoms with Crippen LogP contribution in [0.4, 0.5) is 0 Å². The number of carbonyl (C=O) groups is 2. The maximum Gasteiger partial charge on any atom is 0.295 e. The molecule has 0 atom stereocenters. The Labute approximate surface area is 139 Å². The van der Waals surface area contributed by atoms with E-state index < -0.39 is 0 Å². The van der Waals surface area contributed by atoms with Gasteiger partial charge in [0.1, 0.15) is 0 Å². The van der Waals surface area contributed by atoms with Gasteiger partial charge in [0.15, 0.2) is 0 Å². The van der Waals surface area contributed by atoms with Gasteiger partial charge < -0.3 is 21.3 Å². The zero-order valence-corrected chi connectivity index (χ0v) is 13.7. The Morgan fingerprint density at radius 2 is 1.00 bits per heavy atom. The molecule has 0 aliphatic rings. The average Bonchev–Trinajstić information content (AvgIpc) is 2.57. The highest BCUT2D eigenvalue weighted by atomic mass is 16.2. The Hall–Kier alpha value is -2.02. The lowest BCUT2D eigenvalue weighted by Crippen LogP contribution is -2.27. The van der Waals surface area contributed by atoms with E-state index in [1.54, 1.807) is 0 Å². The SMILES string of the molecule is C#CC(=O)NCCCNCCCCCNCCCNC(=O)C#C. The molecule has 128 valence electrons. The second kappa shape index (κ2) is 16.4. The maximum atomic E-state index is 10.8. The summed E-state index contributed by atoms with van der Waals surface area (Å²) in [4.78, 5) is 21.5. The third-order valence-electron chi connectivity index (χ3n) is 3.10. The molecule has 0 fully saturated rings. The quantitative estimate of drug-likeness (QED) is 0.260. The molecular weight excluding hydrogens is 292 g/mol. The summed E-state index contributed by atoms with van der Waals surface area (Å²) in [7, 11) is 0. The van der Waals surface area contributed by atoms with Crippen molar-refractivity contribution in [2.24, 2.45) is 0 Å². The number of terminal acetylenes is 2. The number of hydrogen-bond donors (Lipinski definition) is 4. The van der Waals surface area contributed by atoms with Crippen LogP contribution in [-0.2, 0) is 9.59 Å². The van der Waals surface area contributed by atoms with E-state index in [0.29, 0.717) is 13.1 Å². The predicted octanol–water partition coefficient (Wildman–Crippen LogP) is -0.385. The van der Waals surface area contributed by atoms with Gasteiger partial charge >= 0.3 is 0 Å². The summed E-state index contributed by atoms with van der Waals surface area (Å²) >= 11 is 0. The number of unbranched alkanes of at least 4 members (excludes halogenated alkanes) is 2. The molecule has 0 unspecified atom stereocenters. The molecule has 0 heterocycles. The van der Waals surface area contributed by atoms with Gasteiger partial charge in [-0.3, -0.25) is 9.59 Å². The first-order valence-electron chi connectivity index (χ1n) is 8.11. The molecule has 6 heteroatoms. The minimum Gasteiger partial charge on any atom is -0.345 e. The molecule has 0 saturated heterocycles. The zero-order chi connectivity index (χ0) is 17.2. The van der Waals surface area contributed by atoms with E-state index in [-0.39, 0.29) is 11.8 Å². The van der Waals surface area contributed by atoms with Gasteiger partial charge in [-0.05, 0) is 63.7 Å². The van der Waals surface area contributed by atoms with E-state index >= 15 is 0 Å². The van der Waals surface area contributed by atoms with Crippen LogP contribution in [0.3, 0.4) is 0 Å². The van der Waals surface area contributed by atoms with Crippen LogP contribution in [0, 0.1) is 24.7 Å². The van der Waals surface area contributed by atoms with Crippen LogP contribution in [-0.4, -0.2) is 51.1 Å². The van der Waals surface area contributed by atoms with Crippen molar-refractivity contribution in [3.8, 4) is 24.7 Å². The van der Waals surface area contributed by atoms with Crippen LogP contribution < -0.4 is 21.3 Å². The van der Waals surface area contributed by atoms with Gasteiger partial charge in [-0.1, -0.05) is 6.42 Å². The maximum absolute atomic E-state index is 10.8. The second-order valence-corrected chi connectivity index (χ2v) is 5.07. The Morgan fingerprint density at radius 1 is 0.609 bits per heavy atom. The minimum absolute atomic E-state index is 0.351. The van der Waals surface area contributed by atoms with Crippen molar-refractivity contribution >= 4 is 11.8 Å². The predicted molar refractivity (Wildman–Crippen MR) is 92.5 cm³/mol. The highest BCUT2D eigenvalue weighted by Crippen LogP contribution is 1.92. The van der Waals surface area contributed by atoms with Crippen LogP contribution in [0.15, 0.2) is 0 Å². The Bertz CT molecular complexity index is 372. The first kappa shape index (κ1) is 21.0. The van der Waals surface area contributed by atoms with Gasteiger partial charge in [-0.15, -0.1) is 12.8 Å². The third-order valence-corrected chi connectivity index (χ3v) is 3.10. The molecule has 0 aromatic carbocycles. The summed E-state index contributed by atoms with van der Waals surface area (Å²) in [6, 6.07) is 0. The lowest BCUT2D eigenvalue weighted by molar-refractivity contribution is -0.116. The van der Waals surface area contributed by atoms with E-state index in [4.69, 9.17) is 12.8 Å². The molecule has 23 heavy (non-hydrogen) atoms.